The van der Waals surface area contributed by atoms with Crippen LogP contribution in [0.4, 0.5) is 0 Å². The summed E-state index contributed by atoms with van der Waals surface area (Å²) in [5.41, 5.74) is 1.29. The number of allylic oxidation sites excluding steroid dienone is 1. The summed E-state index contributed by atoms with van der Waals surface area (Å²) in [6.45, 7) is 13.5. The van der Waals surface area contributed by atoms with E-state index >= 15 is 0 Å². The van der Waals surface area contributed by atoms with E-state index in [0.29, 0.717) is 12.6 Å². The molecule has 0 unspecified atom stereocenters. The van der Waals surface area contributed by atoms with E-state index in [4.69, 9.17) is 0 Å². The smallest absolute Gasteiger partial charge is 0.0926 e. The fourth-order valence-corrected chi connectivity index (χ4v) is 4.32. The molecule has 1 rings (SSSR count). The summed E-state index contributed by atoms with van der Waals surface area (Å²) in [6, 6.07) is 0.315. The quantitative estimate of drug-likeness (QED) is 0.468. The highest BCUT2D eigenvalue weighted by atomic mass is 32.2. The number of hydrogen-bond acceptors (Lipinski definition) is 5. The third-order valence-corrected chi connectivity index (χ3v) is 6.02. The van der Waals surface area contributed by atoms with Gasteiger partial charge >= 0.3 is 0 Å². The fourth-order valence-electron chi connectivity index (χ4n) is 3.35. The second kappa shape index (κ2) is 12.2. The Morgan fingerprint density at radius 2 is 1.88 bits per heavy atom. The number of nitrogens with zero attached hydrogens (tertiary/aromatic N) is 1. The van der Waals surface area contributed by atoms with Crippen molar-refractivity contribution in [2.75, 3.05) is 31.1 Å². The lowest BCUT2D eigenvalue weighted by Crippen LogP contribution is -2.55. The van der Waals surface area contributed by atoms with Crippen LogP contribution in [-0.4, -0.2) is 64.5 Å². The van der Waals surface area contributed by atoms with Crippen LogP contribution in [0, 0.1) is 5.92 Å². The van der Waals surface area contributed by atoms with Crippen LogP contribution in [0.1, 0.15) is 52.9 Å². The maximum Gasteiger partial charge on any atom is 0.0926 e. The summed E-state index contributed by atoms with van der Waals surface area (Å²) in [5.74, 6) is 2.38. The van der Waals surface area contributed by atoms with Crippen molar-refractivity contribution in [3.05, 3.63) is 12.3 Å². The van der Waals surface area contributed by atoms with Crippen molar-refractivity contribution in [3.63, 3.8) is 0 Å². The maximum atomic E-state index is 9.95. The van der Waals surface area contributed by atoms with E-state index in [1.165, 1.54) is 25.0 Å². The Morgan fingerprint density at radius 1 is 1.21 bits per heavy atom. The molecule has 5 heteroatoms. The van der Waals surface area contributed by atoms with Gasteiger partial charge in [-0.1, -0.05) is 27.4 Å². The lowest BCUT2D eigenvalue weighted by atomic mass is 9.87. The Kier molecular flexibility index (Phi) is 11.1. The lowest BCUT2D eigenvalue weighted by molar-refractivity contribution is -0.0461. The van der Waals surface area contributed by atoms with Crippen LogP contribution in [0.5, 0.6) is 0 Å². The summed E-state index contributed by atoms with van der Waals surface area (Å²) < 4.78 is 0. The monoisotopic (exact) mass is 358 g/mol. The molecule has 0 aliphatic carbocycles. The van der Waals surface area contributed by atoms with Gasteiger partial charge in [0.15, 0.2) is 0 Å². The van der Waals surface area contributed by atoms with Crippen molar-refractivity contribution in [3.8, 4) is 0 Å². The normalized spacial score (nSPS) is 27.2. The molecule has 0 aromatic rings. The van der Waals surface area contributed by atoms with Crippen molar-refractivity contribution in [2.24, 2.45) is 5.92 Å². The van der Waals surface area contributed by atoms with Crippen LogP contribution in [0.25, 0.3) is 0 Å². The number of aliphatic hydroxyl groups is 2. The lowest BCUT2D eigenvalue weighted by Gasteiger charge is -2.37. The summed E-state index contributed by atoms with van der Waals surface area (Å²) in [5, 5.41) is 23.0. The molecular formula is C19H38N2O2S. The molecule has 1 heterocycles. The van der Waals surface area contributed by atoms with E-state index in [0.717, 1.165) is 37.4 Å². The van der Waals surface area contributed by atoms with Crippen LogP contribution in [0.3, 0.4) is 0 Å². The minimum Gasteiger partial charge on any atom is -0.390 e. The first-order valence-electron chi connectivity index (χ1n) is 9.61. The molecule has 24 heavy (non-hydrogen) atoms. The van der Waals surface area contributed by atoms with Crippen molar-refractivity contribution < 1.29 is 10.2 Å². The van der Waals surface area contributed by atoms with Crippen molar-refractivity contribution in [2.45, 2.75) is 71.1 Å². The van der Waals surface area contributed by atoms with E-state index in [-0.39, 0.29) is 5.92 Å². The number of piperidine rings is 1. The molecule has 1 aliphatic heterocycles. The predicted octanol–water partition coefficient (Wildman–Crippen LogP) is 2.86. The van der Waals surface area contributed by atoms with E-state index in [9.17, 15) is 10.2 Å². The van der Waals surface area contributed by atoms with Crippen LogP contribution in [-0.2, 0) is 0 Å². The van der Waals surface area contributed by atoms with Gasteiger partial charge in [-0.15, -0.1) is 0 Å². The highest BCUT2D eigenvalue weighted by molar-refractivity contribution is 7.99. The zero-order chi connectivity index (χ0) is 17.9. The Morgan fingerprint density at radius 3 is 2.50 bits per heavy atom. The average Bonchev–Trinajstić information content (AvgIpc) is 2.57. The average molecular weight is 359 g/mol. The first-order chi connectivity index (χ1) is 11.5. The molecule has 0 saturated carbocycles. The molecule has 142 valence electrons. The largest absolute Gasteiger partial charge is 0.390 e. The van der Waals surface area contributed by atoms with Gasteiger partial charge in [-0.25, -0.2) is 0 Å². The van der Waals surface area contributed by atoms with Gasteiger partial charge in [0.2, 0.25) is 0 Å². The Hall–Kier alpha value is -0.230. The molecular weight excluding hydrogens is 320 g/mol. The molecule has 0 aromatic heterocycles. The molecule has 1 aliphatic rings. The molecule has 4 atom stereocenters. The highest BCUT2D eigenvalue weighted by Gasteiger charge is 2.33. The summed E-state index contributed by atoms with van der Waals surface area (Å²) in [7, 11) is 0. The second-order valence-corrected chi connectivity index (χ2v) is 8.21. The number of rotatable bonds is 12. The Labute approximate surface area is 153 Å². The first kappa shape index (κ1) is 21.8. The molecule has 0 amide bonds. The highest BCUT2D eigenvalue weighted by Crippen LogP contribution is 2.21. The van der Waals surface area contributed by atoms with Crippen molar-refractivity contribution in [1.29, 1.82) is 0 Å². The minimum atomic E-state index is -0.621. The Balaban J connectivity index is 2.12. The van der Waals surface area contributed by atoms with Gasteiger partial charge in [0.1, 0.15) is 0 Å². The number of aliphatic hydroxyl groups excluding tert-OH is 2. The van der Waals surface area contributed by atoms with E-state index < -0.39 is 12.2 Å². The van der Waals surface area contributed by atoms with Crippen LogP contribution in [0.15, 0.2) is 12.3 Å². The third kappa shape index (κ3) is 7.34. The molecule has 1 fully saturated rings. The molecule has 3 N–H and O–H groups in total. The van der Waals surface area contributed by atoms with Crippen molar-refractivity contribution in [1.82, 2.24) is 10.2 Å². The van der Waals surface area contributed by atoms with Gasteiger partial charge in [-0.3, -0.25) is 0 Å². The van der Waals surface area contributed by atoms with Crippen LogP contribution < -0.4 is 5.32 Å². The third-order valence-electron chi connectivity index (χ3n) is 4.92. The van der Waals surface area contributed by atoms with Gasteiger partial charge < -0.3 is 20.4 Å². The van der Waals surface area contributed by atoms with E-state index in [2.05, 4.69) is 30.6 Å². The minimum absolute atomic E-state index is 0.116. The zero-order valence-corrected chi connectivity index (χ0v) is 16.7. The first-order valence-corrected chi connectivity index (χ1v) is 10.8. The van der Waals surface area contributed by atoms with Gasteiger partial charge in [0.25, 0.3) is 0 Å². The maximum absolute atomic E-state index is 9.95. The summed E-state index contributed by atoms with van der Waals surface area (Å²) >= 11 is 1.99. The molecule has 4 nitrogen and oxygen atoms in total. The molecule has 0 spiro atoms. The topological polar surface area (TPSA) is 55.7 Å². The Bertz CT molecular complexity index is 348. The van der Waals surface area contributed by atoms with Crippen LogP contribution in [0.2, 0.25) is 0 Å². The predicted molar refractivity (Wildman–Crippen MR) is 105 cm³/mol. The van der Waals surface area contributed by atoms with Gasteiger partial charge in [0, 0.05) is 31.4 Å². The number of thioether (sulfide) groups is 1. The second-order valence-electron chi connectivity index (χ2n) is 6.99. The molecule has 0 aromatic carbocycles. The van der Waals surface area contributed by atoms with Gasteiger partial charge in [-0.2, -0.15) is 11.8 Å². The standard InChI is InChI=1S/C19H38N2O2S/c1-5-10-21(11-6-2)15(3)8-7-12-24-13-9-17-16(4)19(23)18(22)14-20-17/h16-20,22-23H,3,5-14H2,1-2,4H3/t16-,17+,18+,19+/m0/s1. The van der Waals surface area contributed by atoms with E-state index in [1.54, 1.807) is 0 Å². The number of hydrogen-bond donors (Lipinski definition) is 3. The van der Waals surface area contributed by atoms with Crippen molar-refractivity contribution >= 4 is 11.8 Å². The fraction of sp³-hybridized carbons (Fsp3) is 0.895. The number of nitrogens with one attached hydrogen (secondary N) is 1. The van der Waals surface area contributed by atoms with Gasteiger partial charge in [-0.05, 0) is 49.5 Å². The van der Waals surface area contributed by atoms with Gasteiger partial charge in [0.05, 0.1) is 12.2 Å². The van der Waals surface area contributed by atoms with E-state index in [1.807, 2.05) is 18.7 Å². The molecule has 0 radical (unpaired) electrons. The summed E-state index contributed by atoms with van der Waals surface area (Å²) in [4.78, 5) is 2.44. The number of β-amino-alcohol motifs (C(OH)–C–C–N with tert-alkyl or cyclic N) is 1. The summed E-state index contributed by atoms with van der Waals surface area (Å²) in [6.07, 6.45) is 4.48. The molecule has 1 saturated heterocycles. The SMILES string of the molecule is C=C(CCCSCC[C@H]1NC[C@@H](O)[C@H](O)[C@H]1C)N(CCC)CCC. The zero-order valence-electron chi connectivity index (χ0n) is 15.8. The molecule has 0 bridgehead atoms. The van der Waals surface area contributed by atoms with Crippen LogP contribution >= 0.6 is 11.8 Å².